The van der Waals surface area contributed by atoms with Crippen molar-refractivity contribution in [3.63, 3.8) is 0 Å². The van der Waals surface area contributed by atoms with Crippen molar-refractivity contribution in [1.29, 1.82) is 0 Å². The zero-order valence-electron chi connectivity index (χ0n) is 13.3. The molecule has 24 heavy (non-hydrogen) atoms. The zero-order chi connectivity index (χ0) is 17.7. The van der Waals surface area contributed by atoms with Gasteiger partial charge in [-0.15, -0.1) is 0 Å². The number of nitrogens with zero attached hydrogens (tertiary/aromatic N) is 2. The number of halogens is 1. The van der Waals surface area contributed by atoms with Crippen molar-refractivity contribution in [2.75, 3.05) is 36.5 Å². The van der Waals surface area contributed by atoms with Crippen molar-refractivity contribution >= 4 is 29.3 Å². The number of ether oxygens (including phenoxy) is 1. The third kappa shape index (κ3) is 3.89. The minimum Gasteiger partial charge on any atom is -0.447 e. The maximum Gasteiger partial charge on any atom is 0.414 e. The highest BCUT2D eigenvalue weighted by Gasteiger charge is 2.26. The Morgan fingerprint density at radius 3 is 2.83 bits per heavy atom. The molecule has 1 saturated heterocycles. The van der Waals surface area contributed by atoms with Crippen LogP contribution in [0.3, 0.4) is 0 Å². The quantitative estimate of drug-likeness (QED) is 0.804. The van der Waals surface area contributed by atoms with Gasteiger partial charge in [0.1, 0.15) is 19.0 Å². The van der Waals surface area contributed by atoms with Crippen LogP contribution in [-0.4, -0.2) is 49.0 Å². The van der Waals surface area contributed by atoms with E-state index in [1.54, 1.807) is 6.92 Å². The third-order valence-corrected chi connectivity index (χ3v) is 3.48. The van der Waals surface area contributed by atoms with Gasteiger partial charge in [-0.3, -0.25) is 14.5 Å². The van der Waals surface area contributed by atoms with E-state index in [4.69, 9.17) is 4.74 Å². The van der Waals surface area contributed by atoms with Gasteiger partial charge < -0.3 is 15.0 Å². The number of carbonyl (C=O) groups excluding carboxylic acids is 3. The standard InChI is InChI=1S/C16H18FN3O4/c1-3-15(22)19(4-2)10-14(21)18-11-5-6-12(17)13(9-11)20-7-8-24-16(20)23/h3,5-6,9H,1,4,7-8,10H2,2H3,(H,18,21). The maximum absolute atomic E-state index is 13.9. The molecule has 1 fully saturated rings. The molecule has 1 N–H and O–H groups in total. The Bertz CT molecular complexity index is 677. The van der Waals surface area contributed by atoms with Crippen molar-refractivity contribution in [1.82, 2.24) is 4.90 Å². The Balaban J connectivity index is 2.09. The lowest BCUT2D eigenvalue weighted by molar-refractivity contribution is -0.130. The summed E-state index contributed by atoms with van der Waals surface area (Å²) in [6.45, 7) is 5.75. The average molecular weight is 335 g/mol. The summed E-state index contributed by atoms with van der Waals surface area (Å²) < 4.78 is 18.7. The van der Waals surface area contributed by atoms with E-state index in [0.717, 1.165) is 17.0 Å². The van der Waals surface area contributed by atoms with Crippen molar-refractivity contribution < 1.29 is 23.5 Å². The number of amides is 3. The van der Waals surface area contributed by atoms with Gasteiger partial charge in [-0.1, -0.05) is 6.58 Å². The van der Waals surface area contributed by atoms with Crippen molar-refractivity contribution in [3.05, 3.63) is 36.7 Å². The van der Waals surface area contributed by atoms with Gasteiger partial charge in [0.05, 0.1) is 12.2 Å². The van der Waals surface area contributed by atoms with Gasteiger partial charge in [0.15, 0.2) is 0 Å². The Morgan fingerprint density at radius 1 is 1.50 bits per heavy atom. The molecule has 1 aromatic carbocycles. The van der Waals surface area contributed by atoms with Gasteiger partial charge in [0.2, 0.25) is 11.8 Å². The molecule has 2 rings (SSSR count). The fraction of sp³-hybridized carbons (Fsp3) is 0.312. The van der Waals surface area contributed by atoms with Gasteiger partial charge in [-0.25, -0.2) is 9.18 Å². The SMILES string of the molecule is C=CC(=O)N(CC)CC(=O)Nc1ccc(F)c(N2CCOC2=O)c1. The van der Waals surface area contributed by atoms with E-state index in [0.29, 0.717) is 12.2 Å². The molecule has 1 heterocycles. The van der Waals surface area contributed by atoms with Crippen molar-refractivity contribution in [2.24, 2.45) is 0 Å². The average Bonchev–Trinajstić information content (AvgIpc) is 2.99. The minimum absolute atomic E-state index is 0.0322. The van der Waals surface area contributed by atoms with Crippen LogP contribution >= 0.6 is 0 Å². The second kappa shape index (κ2) is 7.58. The number of nitrogens with one attached hydrogen (secondary N) is 1. The van der Waals surface area contributed by atoms with Crippen LogP contribution in [0.15, 0.2) is 30.9 Å². The highest BCUT2D eigenvalue weighted by atomic mass is 19.1. The zero-order valence-corrected chi connectivity index (χ0v) is 13.3. The maximum atomic E-state index is 13.9. The normalized spacial score (nSPS) is 13.4. The highest BCUT2D eigenvalue weighted by molar-refractivity contribution is 5.97. The van der Waals surface area contributed by atoms with Crippen LogP contribution in [0.2, 0.25) is 0 Å². The number of likely N-dealkylation sites (N-methyl/N-ethyl adjacent to an activating group) is 1. The number of benzene rings is 1. The van der Waals surface area contributed by atoms with Gasteiger partial charge in [0, 0.05) is 12.2 Å². The van der Waals surface area contributed by atoms with E-state index in [9.17, 15) is 18.8 Å². The topological polar surface area (TPSA) is 79.0 Å². The summed E-state index contributed by atoms with van der Waals surface area (Å²) >= 11 is 0. The van der Waals surface area contributed by atoms with Gasteiger partial charge in [-0.05, 0) is 31.2 Å². The molecular weight excluding hydrogens is 317 g/mol. The van der Waals surface area contributed by atoms with Crippen LogP contribution in [0.1, 0.15) is 6.92 Å². The second-order valence-electron chi connectivity index (χ2n) is 5.04. The minimum atomic E-state index is -0.633. The summed E-state index contributed by atoms with van der Waals surface area (Å²) in [5, 5.41) is 2.58. The molecule has 0 spiro atoms. The van der Waals surface area contributed by atoms with Gasteiger partial charge in [0.25, 0.3) is 0 Å². The lowest BCUT2D eigenvalue weighted by Gasteiger charge is -2.19. The van der Waals surface area contributed by atoms with Gasteiger partial charge >= 0.3 is 6.09 Å². The van der Waals surface area contributed by atoms with E-state index in [1.165, 1.54) is 17.0 Å². The molecule has 1 aromatic rings. The molecule has 0 bridgehead atoms. The third-order valence-electron chi connectivity index (χ3n) is 3.48. The molecule has 1 aliphatic heterocycles. The Morgan fingerprint density at radius 2 is 2.25 bits per heavy atom. The smallest absolute Gasteiger partial charge is 0.414 e. The molecule has 3 amide bonds. The Labute approximate surface area is 138 Å². The lowest BCUT2D eigenvalue weighted by Crippen LogP contribution is -2.36. The van der Waals surface area contributed by atoms with Crippen LogP contribution in [0, 0.1) is 5.82 Å². The van der Waals surface area contributed by atoms with E-state index < -0.39 is 17.8 Å². The van der Waals surface area contributed by atoms with E-state index in [1.807, 2.05) is 0 Å². The number of hydrogen-bond acceptors (Lipinski definition) is 4. The molecular formula is C16H18FN3O4. The summed E-state index contributed by atoms with van der Waals surface area (Å²) in [6, 6.07) is 3.89. The van der Waals surface area contributed by atoms with E-state index in [2.05, 4.69) is 11.9 Å². The Hall–Kier alpha value is -2.90. The second-order valence-corrected chi connectivity index (χ2v) is 5.04. The fourth-order valence-corrected chi connectivity index (χ4v) is 2.26. The number of anilines is 2. The molecule has 0 atom stereocenters. The molecule has 0 radical (unpaired) electrons. The van der Waals surface area contributed by atoms with E-state index in [-0.39, 0.29) is 31.3 Å². The summed E-state index contributed by atoms with van der Waals surface area (Å²) in [4.78, 5) is 37.6. The summed E-state index contributed by atoms with van der Waals surface area (Å²) in [7, 11) is 0. The molecule has 1 aliphatic rings. The first-order chi connectivity index (χ1) is 11.5. The summed E-state index contributed by atoms with van der Waals surface area (Å²) in [5.41, 5.74) is 0.350. The number of carbonyl (C=O) groups is 3. The Kier molecular flexibility index (Phi) is 5.51. The first-order valence-corrected chi connectivity index (χ1v) is 7.41. The first kappa shape index (κ1) is 17.5. The molecule has 0 unspecified atom stereocenters. The molecule has 128 valence electrons. The fourth-order valence-electron chi connectivity index (χ4n) is 2.26. The summed E-state index contributed by atoms with van der Waals surface area (Å²) in [5.74, 6) is -1.38. The summed E-state index contributed by atoms with van der Waals surface area (Å²) in [6.07, 6.45) is 0.497. The van der Waals surface area contributed by atoms with Gasteiger partial charge in [-0.2, -0.15) is 0 Å². The monoisotopic (exact) mass is 335 g/mol. The van der Waals surface area contributed by atoms with Crippen molar-refractivity contribution in [2.45, 2.75) is 6.92 Å². The van der Waals surface area contributed by atoms with Crippen LogP contribution in [0.25, 0.3) is 0 Å². The lowest BCUT2D eigenvalue weighted by atomic mass is 10.2. The number of rotatable bonds is 6. The molecule has 0 saturated carbocycles. The predicted molar refractivity (Wildman–Crippen MR) is 86.2 cm³/mol. The molecule has 0 aromatic heterocycles. The van der Waals surface area contributed by atoms with Crippen LogP contribution < -0.4 is 10.2 Å². The van der Waals surface area contributed by atoms with E-state index >= 15 is 0 Å². The predicted octanol–water partition coefficient (Wildman–Crippen LogP) is 1.76. The molecule has 0 aliphatic carbocycles. The van der Waals surface area contributed by atoms with Crippen LogP contribution in [0.5, 0.6) is 0 Å². The molecule has 8 heteroatoms. The van der Waals surface area contributed by atoms with Crippen molar-refractivity contribution in [3.8, 4) is 0 Å². The van der Waals surface area contributed by atoms with Crippen LogP contribution in [0.4, 0.5) is 20.6 Å². The number of cyclic esters (lactones) is 1. The largest absolute Gasteiger partial charge is 0.447 e. The highest BCUT2D eigenvalue weighted by Crippen LogP contribution is 2.26. The molecule has 7 nitrogen and oxygen atoms in total. The number of hydrogen-bond donors (Lipinski definition) is 1. The van der Waals surface area contributed by atoms with Crippen LogP contribution in [-0.2, 0) is 14.3 Å². The first-order valence-electron chi connectivity index (χ1n) is 7.41.